The van der Waals surface area contributed by atoms with Crippen molar-refractivity contribution in [1.29, 1.82) is 0 Å². The zero-order valence-electron chi connectivity index (χ0n) is 20.5. The molecule has 1 aromatic rings. The Bertz CT molecular complexity index is 879. The average Bonchev–Trinajstić information content (AvgIpc) is 2.68. The van der Waals surface area contributed by atoms with Gasteiger partial charge in [-0.05, 0) is 44.1 Å². The molecule has 11 heteroatoms. The number of ether oxygens (including phenoxy) is 2. The van der Waals surface area contributed by atoms with E-state index in [4.69, 9.17) is 18.8 Å². The zero-order valence-corrected chi connectivity index (χ0v) is 21.5. The minimum atomic E-state index is -2.36. The molecule has 0 spiro atoms. The van der Waals surface area contributed by atoms with E-state index in [1.807, 2.05) is 26.9 Å². The molecule has 0 bridgehead atoms. The molecular formula is C22H34N2O8Si. The van der Waals surface area contributed by atoms with Crippen molar-refractivity contribution in [1.82, 2.24) is 5.23 Å². The summed E-state index contributed by atoms with van der Waals surface area (Å²) in [6.07, 6.45) is -0.551. The largest absolute Gasteiger partial charge is 0.469 e. The predicted octanol–water partition coefficient (Wildman–Crippen LogP) is 4.40. The van der Waals surface area contributed by atoms with E-state index in [1.165, 1.54) is 36.6 Å². The number of nitro groups is 1. The lowest BCUT2D eigenvalue weighted by Gasteiger charge is -2.49. The lowest BCUT2D eigenvalue weighted by Crippen LogP contribution is -2.60. The topological polar surface area (TPSA) is 117 Å². The summed E-state index contributed by atoms with van der Waals surface area (Å²) < 4.78 is 17.0. The zero-order chi connectivity index (χ0) is 25.2. The van der Waals surface area contributed by atoms with Crippen LogP contribution in [0.1, 0.15) is 57.8 Å². The fourth-order valence-electron chi connectivity index (χ4n) is 3.06. The fraction of sp³-hybridized carbons (Fsp3) is 0.636. The molecular weight excluding hydrogens is 448 g/mol. The molecule has 1 aliphatic heterocycles. The van der Waals surface area contributed by atoms with Crippen LogP contribution in [-0.4, -0.2) is 55.3 Å². The molecule has 10 nitrogen and oxygen atoms in total. The first-order chi connectivity index (χ1) is 15.1. The van der Waals surface area contributed by atoms with Gasteiger partial charge < -0.3 is 14.0 Å². The molecule has 1 fully saturated rings. The Morgan fingerprint density at radius 1 is 1.24 bits per heavy atom. The third kappa shape index (κ3) is 6.82. The molecule has 1 saturated heterocycles. The predicted molar refractivity (Wildman–Crippen MR) is 123 cm³/mol. The van der Waals surface area contributed by atoms with Gasteiger partial charge in [0.05, 0.1) is 29.6 Å². The van der Waals surface area contributed by atoms with Crippen molar-refractivity contribution in [2.24, 2.45) is 0 Å². The molecule has 0 amide bonds. The Labute approximate surface area is 195 Å². The van der Waals surface area contributed by atoms with Gasteiger partial charge >= 0.3 is 11.9 Å². The molecule has 2 atom stereocenters. The summed E-state index contributed by atoms with van der Waals surface area (Å²) in [6.45, 7) is 14.0. The molecule has 1 aromatic carbocycles. The van der Waals surface area contributed by atoms with E-state index in [1.54, 1.807) is 0 Å². The molecule has 184 valence electrons. The van der Waals surface area contributed by atoms with Crippen molar-refractivity contribution in [2.75, 3.05) is 7.11 Å². The van der Waals surface area contributed by atoms with Crippen molar-refractivity contribution in [2.45, 2.75) is 83.3 Å². The maximum absolute atomic E-state index is 12.9. The molecule has 0 radical (unpaired) electrons. The smallest absolute Gasteiger partial charge is 0.338 e. The molecule has 0 unspecified atom stereocenters. The molecule has 0 aliphatic carbocycles. The van der Waals surface area contributed by atoms with Crippen LogP contribution >= 0.6 is 0 Å². The summed E-state index contributed by atoms with van der Waals surface area (Å²) in [5, 5.41) is 12.1. The van der Waals surface area contributed by atoms with E-state index in [9.17, 15) is 19.7 Å². The maximum atomic E-state index is 12.9. The molecule has 0 N–H and O–H groups in total. The standard InChI is InChI=1S/C22H34N2O8Si/c1-21(2,3)33(7,8)32-24-17(13-19(25)29-6)18(14-22(4,5)31-24)30-20(26)15-9-11-16(12-10-15)23(27)28/h9-12,17-18H,13-14H2,1-8H3/t17-,18+/m1/s1. The maximum Gasteiger partial charge on any atom is 0.338 e. The Balaban J connectivity index is 2.34. The van der Waals surface area contributed by atoms with Crippen LogP contribution in [0.5, 0.6) is 0 Å². The minimum Gasteiger partial charge on any atom is -0.469 e. The van der Waals surface area contributed by atoms with Gasteiger partial charge in [0, 0.05) is 18.6 Å². The Kier molecular flexibility index (Phi) is 8.05. The lowest BCUT2D eigenvalue weighted by molar-refractivity contribution is -0.419. The highest BCUT2D eigenvalue weighted by molar-refractivity contribution is 6.74. The highest BCUT2D eigenvalue weighted by atomic mass is 28.4. The van der Waals surface area contributed by atoms with E-state index >= 15 is 0 Å². The van der Waals surface area contributed by atoms with Crippen LogP contribution in [0.25, 0.3) is 0 Å². The number of hydrogen-bond acceptors (Lipinski definition) is 9. The third-order valence-corrected chi connectivity index (χ3v) is 10.3. The summed E-state index contributed by atoms with van der Waals surface area (Å²) in [7, 11) is -1.08. The minimum absolute atomic E-state index is 0.112. The number of hydrogen-bond donors (Lipinski definition) is 0. The number of non-ortho nitro benzene ring substituents is 1. The number of methoxy groups -OCH3 is 1. The quantitative estimate of drug-likeness (QED) is 0.241. The fourth-order valence-corrected chi connectivity index (χ4v) is 3.95. The Hall–Kier alpha value is -2.34. The van der Waals surface area contributed by atoms with Crippen LogP contribution in [0.3, 0.4) is 0 Å². The van der Waals surface area contributed by atoms with E-state index in [0.717, 1.165) is 0 Å². The van der Waals surface area contributed by atoms with Crippen LogP contribution in [0, 0.1) is 10.1 Å². The summed E-state index contributed by atoms with van der Waals surface area (Å²) in [5.41, 5.74) is -0.704. The van der Waals surface area contributed by atoms with Crippen molar-refractivity contribution >= 4 is 25.9 Å². The molecule has 0 aromatic heterocycles. The number of hydroxylamine groups is 2. The van der Waals surface area contributed by atoms with Gasteiger partial charge in [-0.15, -0.1) is 0 Å². The van der Waals surface area contributed by atoms with Crippen molar-refractivity contribution in [3.05, 3.63) is 39.9 Å². The summed E-state index contributed by atoms with van der Waals surface area (Å²) in [4.78, 5) is 41.5. The average molecular weight is 483 g/mol. The van der Waals surface area contributed by atoms with Gasteiger partial charge in [-0.1, -0.05) is 26.0 Å². The van der Waals surface area contributed by atoms with Crippen LogP contribution < -0.4 is 0 Å². The van der Waals surface area contributed by atoms with Gasteiger partial charge in [-0.25, -0.2) is 4.79 Å². The van der Waals surface area contributed by atoms with Gasteiger partial charge in [0.1, 0.15) is 12.1 Å². The van der Waals surface area contributed by atoms with E-state index < -0.39 is 42.9 Å². The lowest BCUT2D eigenvalue weighted by atomic mass is 9.93. The second-order valence-electron chi connectivity index (χ2n) is 10.3. The highest BCUT2D eigenvalue weighted by Gasteiger charge is 2.49. The van der Waals surface area contributed by atoms with Crippen molar-refractivity contribution in [3.8, 4) is 0 Å². The van der Waals surface area contributed by atoms with Crippen LogP contribution in [0.4, 0.5) is 5.69 Å². The van der Waals surface area contributed by atoms with Gasteiger partial charge in [-0.2, -0.15) is 0 Å². The van der Waals surface area contributed by atoms with Gasteiger partial charge in [0.2, 0.25) is 8.32 Å². The molecule has 33 heavy (non-hydrogen) atoms. The molecule has 0 saturated carbocycles. The van der Waals surface area contributed by atoms with E-state index in [0.29, 0.717) is 6.42 Å². The monoisotopic (exact) mass is 482 g/mol. The first-order valence-corrected chi connectivity index (χ1v) is 13.7. The van der Waals surface area contributed by atoms with Gasteiger partial charge in [0.15, 0.2) is 0 Å². The summed E-state index contributed by atoms with van der Waals surface area (Å²) in [5.74, 6) is -1.15. The Morgan fingerprint density at radius 2 is 1.82 bits per heavy atom. The molecule has 1 aliphatic rings. The Morgan fingerprint density at radius 3 is 2.30 bits per heavy atom. The number of nitro benzene ring substituents is 1. The van der Waals surface area contributed by atoms with Gasteiger partial charge in [0.25, 0.3) is 5.69 Å². The normalized spacial score (nSPS) is 21.3. The number of carbonyl (C=O) groups excluding carboxylic acids is 2. The van der Waals surface area contributed by atoms with Crippen molar-refractivity contribution in [3.63, 3.8) is 0 Å². The first kappa shape index (κ1) is 26.9. The first-order valence-electron chi connectivity index (χ1n) is 10.8. The summed E-state index contributed by atoms with van der Waals surface area (Å²) >= 11 is 0. The van der Waals surface area contributed by atoms with Crippen LogP contribution in [0.2, 0.25) is 18.1 Å². The van der Waals surface area contributed by atoms with Gasteiger partial charge in [-0.3, -0.25) is 19.7 Å². The molecule has 2 rings (SSSR count). The van der Waals surface area contributed by atoms with Crippen LogP contribution in [0.15, 0.2) is 24.3 Å². The highest BCUT2D eigenvalue weighted by Crippen LogP contribution is 2.41. The molecule has 1 heterocycles. The van der Waals surface area contributed by atoms with Crippen molar-refractivity contribution < 1.29 is 33.4 Å². The number of benzene rings is 1. The number of esters is 2. The SMILES string of the molecule is COC(=O)C[C@@H]1[C@@H](OC(=O)c2ccc([N+](=O)[O-])cc2)CC(C)(C)ON1O[Si](C)(C)C(C)(C)C. The third-order valence-electron chi connectivity index (χ3n) is 6.03. The number of nitrogens with zero attached hydrogens (tertiary/aromatic N) is 2. The van der Waals surface area contributed by atoms with E-state index in [2.05, 4.69) is 20.8 Å². The second-order valence-corrected chi connectivity index (χ2v) is 15.0. The number of rotatable bonds is 7. The van der Waals surface area contributed by atoms with Crippen LogP contribution in [-0.2, 0) is 23.6 Å². The second kappa shape index (κ2) is 9.88. The number of carbonyl (C=O) groups is 2. The summed E-state index contributed by atoms with van der Waals surface area (Å²) in [6, 6.07) is 4.42. The van der Waals surface area contributed by atoms with E-state index in [-0.39, 0.29) is 22.7 Å².